The summed E-state index contributed by atoms with van der Waals surface area (Å²) in [6.07, 6.45) is 5.92. The highest BCUT2D eigenvalue weighted by Gasteiger charge is 2.48. The van der Waals surface area contributed by atoms with Crippen LogP contribution in [0.2, 0.25) is 0 Å². The molecular formula is C17H24N5O6S-. The molecule has 3 amide bonds. The molecule has 3 aliphatic rings. The molecule has 1 aromatic heterocycles. The zero-order valence-electron chi connectivity index (χ0n) is 15.8. The van der Waals surface area contributed by atoms with Crippen LogP contribution in [0.3, 0.4) is 0 Å². The zero-order valence-corrected chi connectivity index (χ0v) is 16.6. The van der Waals surface area contributed by atoms with Gasteiger partial charge in [-0.05, 0) is 37.3 Å². The van der Waals surface area contributed by atoms with Crippen molar-refractivity contribution >= 4 is 23.3 Å². The molecule has 2 bridgehead atoms. The number of nitrogens with one attached hydrogen (secondary N) is 2. The van der Waals surface area contributed by atoms with E-state index in [1.165, 1.54) is 4.90 Å². The SMILES string of the molecule is O=C(NOC[C@H]1C[C@@H](Cn2cccc2)CN1)C1CCC2CN1C(=O)N2OS(=O)[O-]. The molecule has 160 valence electrons. The summed E-state index contributed by atoms with van der Waals surface area (Å²) >= 11 is -2.83. The van der Waals surface area contributed by atoms with Gasteiger partial charge < -0.3 is 19.3 Å². The van der Waals surface area contributed by atoms with E-state index in [1.807, 2.05) is 24.5 Å². The molecule has 11 nitrogen and oxygen atoms in total. The molecule has 0 aromatic carbocycles. The molecule has 3 saturated heterocycles. The second-order valence-corrected chi connectivity index (χ2v) is 8.21. The van der Waals surface area contributed by atoms with Crippen LogP contribution in [0.15, 0.2) is 24.5 Å². The van der Waals surface area contributed by atoms with Gasteiger partial charge in [0.1, 0.15) is 17.4 Å². The van der Waals surface area contributed by atoms with Gasteiger partial charge in [-0.1, -0.05) is 0 Å². The van der Waals surface area contributed by atoms with E-state index < -0.39 is 29.3 Å². The van der Waals surface area contributed by atoms with E-state index in [0.29, 0.717) is 25.4 Å². The number of hydrogen-bond donors (Lipinski definition) is 2. The highest BCUT2D eigenvalue weighted by atomic mass is 32.2. The third-order valence-corrected chi connectivity index (χ3v) is 5.95. The number of hydrogen-bond acceptors (Lipinski definition) is 7. The number of fused-ring (bicyclic) bond motifs is 2. The lowest BCUT2D eigenvalue weighted by molar-refractivity contribution is -0.139. The van der Waals surface area contributed by atoms with E-state index in [4.69, 9.17) is 4.84 Å². The number of aromatic nitrogens is 1. The van der Waals surface area contributed by atoms with E-state index >= 15 is 0 Å². The zero-order chi connectivity index (χ0) is 20.4. The second kappa shape index (κ2) is 8.79. The van der Waals surface area contributed by atoms with Crippen molar-refractivity contribution < 1.29 is 27.5 Å². The smallest absolute Gasteiger partial charge is 0.346 e. The summed E-state index contributed by atoms with van der Waals surface area (Å²) in [6, 6.07) is 2.46. The number of rotatable bonds is 8. The maximum Gasteiger partial charge on any atom is 0.346 e. The lowest BCUT2D eigenvalue weighted by atomic mass is 10.0. The normalized spacial score (nSPS) is 30.0. The largest absolute Gasteiger partial charge is 0.748 e. The molecule has 0 saturated carbocycles. The van der Waals surface area contributed by atoms with Crippen LogP contribution in [-0.4, -0.2) is 73.1 Å². The summed E-state index contributed by atoms with van der Waals surface area (Å²) < 4.78 is 28.2. The van der Waals surface area contributed by atoms with Gasteiger partial charge in [-0.15, -0.1) is 0 Å². The third-order valence-electron chi connectivity index (χ3n) is 5.67. The van der Waals surface area contributed by atoms with Gasteiger partial charge in [-0.25, -0.2) is 14.5 Å². The summed E-state index contributed by atoms with van der Waals surface area (Å²) in [5, 5.41) is 4.22. The minimum Gasteiger partial charge on any atom is -0.748 e. The van der Waals surface area contributed by atoms with Crippen molar-refractivity contribution in [1.29, 1.82) is 0 Å². The second-order valence-electron chi connectivity index (χ2n) is 7.65. The van der Waals surface area contributed by atoms with Gasteiger partial charge in [0, 0.05) is 38.1 Å². The minimum absolute atomic E-state index is 0.149. The van der Waals surface area contributed by atoms with Gasteiger partial charge >= 0.3 is 6.03 Å². The Balaban J connectivity index is 1.20. The summed E-state index contributed by atoms with van der Waals surface area (Å²) in [6.45, 7) is 2.42. The molecule has 0 spiro atoms. The summed E-state index contributed by atoms with van der Waals surface area (Å²) in [5.41, 5.74) is 2.44. The van der Waals surface area contributed by atoms with Crippen LogP contribution in [0.4, 0.5) is 4.79 Å². The molecule has 0 aliphatic carbocycles. The Kier molecular flexibility index (Phi) is 6.15. The molecule has 29 heavy (non-hydrogen) atoms. The summed E-state index contributed by atoms with van der Waals surface area (Å²) in [7, 11) is 0. The average Bonchev–Trinajstić information content (AvgIpc) is 3.41. The lowest BCUT2D eigenvalue weighted by Gasteiger charge is -2.29. The fourth-order valence-electron chi connectivity index (χ4n) is 4.31. The van der Waals surface area contributed by atoms with Gasteiger partial charge in [0.25, 0.3) is 5.91 Å². The van der Waals surface area contributed by atoms with Gasteiger partial charge in [0.2, 0.25) is 0 Å². The van der Waals surface area contributed by atoms with E-state index in [1.54, 1.807) is 0 Å². The highest BCUT2D eigenvalue weighted by Crippen LogP contribution is 2.30. The van der Waals surface area contributed by atoms with Crippen LogP contribution in [0.1, 0.15) is 19.3 Å². The number of nitrogens with zero attached hydrogens (tertiary/aromatic N) is 3. The molecule has 0 radical (unpaired) electrons. The van der Waals surface area contributed by atoms with Crippen molar-refractivity contribution in [1.82, 2.24) is 25.3 Å². The summed E-state index contributed by atoms with van der Waals surface area (Å²) in [4.78, 5) is 31.5. The number of carbonyl (C=O) groups excluding carboxylic acids is 2. The van der Waals surface area contributed by atoms with Crippen molar-refractivity contribution in [3.63, 3.8) is 0 Å². The molecular weight excluding hydrogens is 402 g/mol. The first kappa shape index (κ1) is 20.3. The Hall–Kier alpha value is -1.99. The Morgan fingerprint density at radius 3 is 2.90 bits per heavy atom. The monoisotopic (exact) mass is 426 g/mol. The third kappa shape index (κ3) is 4.61. The van der Waals surface area contributed by atoms with Crippen LogP contribution in [0.25, 0.3) is 0 Å². The average molecular weight is 426 g/mol. The molecule has 12 heteroatoms. The molecule has 3 aliphatic heterocycles. The Morgan fingerprint density at radius 2 is 2.14 bits per heavy atom. The van der Waals surface area contributed by atoms with Crippen molar-refractivity contribution in [2.45, 2.75) is 43.9 Å². The Morgan fingerprint density at radius 1 is 1.34 bits per heavy atom. The van der Waals surface area contributed by atoms with E-state index in [2.05, 4.69) is 19.6 Å². The Labute approximate surface area is 170 Å². The quantitative estimate of drug-likeness (QED) is 0.424. The minimum atomic E-state index is -2.83. The van der Waals surface area contributed by atoms with Gasteiger partial charge in [0.05, 0.1) is 12.6 Å². The fraction of sp³-hybridized carbons (Fsp3) is 0.647. The predicted octanol–water partition coefficient (Wildman–Crippen LogP) is -0.492. The molecule has 4 heterocycles. The molecule has 2 N–H and O–H groups in total. The molecule has 5 atom stereocenters. The first-order chi connectivity index (χ1) is 14.0. The highest BCUT2D eigenvalue weighted by molar-refractivity contribution is 7.74. The number of carbonyl (C=O) groups is 2. The van der Waals surface area contributed by atoms with Crippen molar-refractivity contribution in [2.75, 3.05) is 19.7 Å². The van der Waals surface area contributed by atoms with Gasteiger partial charge in [0.15, 0.2) is 0 Å². The maximum atomic E-state index is 12.5. The van der Waals surface area contributed by atoms with Crippen LogP contribution in [-0.2, 0) is 31.8 Å². The van der Waals surface area contributed by atoms with Crippen LogP contribution in [0, 0.1) is 5.92 Å². The summed E-state index contributed by atoms with van der Waals surface area (Å²) in [5.74, 6) is 0.0885. The van der Waals surface area contributed by atoms with Gasteiger partial charge in [-0.3, -0.25) is 9.63 Å². The first-order valence-electron chi connectivity index (χ1n) is 9.64. The molecule has 3 unspecified atom stereocenters. The van der Waals surface area contributed by atoms with Crippen LogP contribution < -0.4 is 10.8 Å². The van der Waals surface area contributed by atoms with Crippen LogP contribution in [0.5, 0.6) is 0 Å². The van der Waals surface area contributed by atoms with Crippen molar-refractivity contribution in [3.05, 3.63) is 24.5 Å². The number of hydroxylamine groups is 3. The van der Waals surface area contributed by atoms with Crippen molar-refractivity contribution in [2.24, 2.45) is 5.92 Å². The Bertz CT molecular complexity index is 762. The first-order valence-corrected chi connectivity index (χ1v) is 10.6. The van der Waals surface area contributed by atoms with Crippen molar-refractivity contribution in [3.8, 4) is 0 Å². The maximum absolute atomic E-state index is 12.5. The van der Waals surface area contributed by atoms with Gasteiger partial charge in [-0.2, -0.15) is 9.35 Å². The fourth-order valence-corrected chi connectivity index (χ4v) is 4.62. The van der Waals surface area contributed by atoms with E-state index in [-0.39, 0.29) is 18.6 Å². The molecule has 3 fully saturated rings. The molecule has 1 aromatic rings. The van der Waals surface area contributed by atoms with E-state index in [0.717, 1.165) is 24.6 Å². The lowest BCUT2D eigenvalue weighted by Crippen LogP contribution is -2.50. The standard InChI is InChI=1S/C17H25N5O6S/c23-16(15-4-3-14-10-21(15)17(24)22(14)28-29(25)26)19-27-11-13-7-12(8-18-13)9-20-5-1-2-6-20/h1-2,5-6,12-15,18H,3-4,7-11H2,(H,19,23)(H,25,26)/p-1/t12-,13-,14?,15?/m1/s1. The number of urea groups is 1. The number of piperidine rings is 1. The number of amides is 3. The van der Waals surface area contributed by atoms with E-state index in [9.17, 15) is 18.4 Å². The topological polar surface area (TPSA) is 128 Å². The predicted molar refractivity (Wildman–Crippen MR) is 99.2 cm³/mol. The van der Waals surface area contributed by atoms with Crippen LogP contribution >= 0.6 is 0 Å². The molecule has 4 rings (SSSR count).